The molecular formula is C16H25N3O3S. The fourth-order valence-corrected chi connectivity index (χ4v) is 3.87. The number of carbonyl (C=O) groups excluding carboxylic acids is 1. The van der Waals surface area contributed by atoms with Crippen molar-refractivity contribution in [2.75, 3.05) is 23.7 Å². The molecule has 1 atom stereocenters. The van der Waals surface area contributed by atoms with Crippen LogP contribution in [0.4, 0.5) is 5.69 Å². The minimum Gasteiger partial charge on any atom is -0.348 e. The molecule has 1 aliphatic heterocycles. The quantitative estimate of drug-likeness (QED) is 0.812. The minimum absolute atomic E-state index is 0.0525. The predicted octanol–water partition coefficient (Wildman–Crippen LogP) is 1.11. The highest BCUT2D eigenvalue weighted by molar-refractivity contribution is 7.92. The van der Waals surface area contributed by atoms with E-state index >= 15 is 0 Å². The van der Waals surface area contributed by atoms with E-state index in [9.17, 15) is 13.2 Å². The molecule has 0 bridgehead atoms. The van der Waals surface area contributed by atoms with Crippen LogP contribution in [-0.2, 0) is 16.4 Å². The zero-order chi connectivity index (χ0) is 17.2. The summed E-state index contributed by atoms with van der Waals surface area (Å²) >= 11 is 0. The molecule has 128 valence electrons. The first-order chi connectivity index (χ1) is 10.7. The third-order valence-electron chi connectivity index (χ3n) is 3.97. The lowest BCUT2D eigenvalue weighted by molar-refractivity contribution is 0.0933. The topological polar surface area (TPSA) is 92.5 Å². The molecule has 23 heavy (non-hydrogen) atoms. The van der Waals surface area contributed by atoms with Gasteiger partial charge in [0.25, 0.3) is 5.91 Å². The lowest BCUT2D eigenvalue weighted by atomic mass is 10.0. The molecular weight excluding hydrogens is 314 g/mol. The van der Waals surface area contributed by atoms with Crippen molar-refractivity contribution in [3.8, 4) is 0 Å². The van der Waals surface area contributed by atoms with Crippen molar-refractivity contribution in [1.82, 2.24) is 5.32 Å². The van der Waals surface area contributed by atoms with Crippen LogP contribution in [-0.4, -0.2) is 39.7 Å². The number of rotatable bonds is 6. The Bertz CT molecular complexity index is 686. The number of nitrogens with one attached hydrogen (secondary N) is 1. The standard InChI is InChI=1S/C16H25N3O3S/c1-11(2)8-14(10-17)18-16(20)13-4-5-15-12(9-13)6-7-19(15)23(3,21)22/h4-5,9,11,14H,6-8,10,17H2,1-3H3,(H,18,20). The van der Waals surface area contributed by atoms with Gasteiger partial charge in [-0.15, -0.1) is 0 Å². The number of amides is 1. The molecule has 0 spiro atoms. The van der Waals surface area contributed by atoms with Gasteiger partial charge in [-0.3, -0.25) is 9.10 Å². The molecule has 1 aromatic carbocycles. The van der Waals surface area contributed by atoms with Gasteiger partial charge in [0.2, 0.25) is 10.0 Å². The Hall–Kier alpha value is -1.60. The van der Waals surface area contributed by atoms with Gasteiger partial charge in [-0.25, -0.2) is 8.42 Å². The van der Waals surface area contributed by atoms with Crippen LogP contribution in [0, 0.1) is 5.92 Å². The number of benzene rings is 1. The number of fused-ring (bicyclic) bond motifs is 1. The van der Waals surface area contributed by atoms with Crippen LogP contribution in [0.15, 0.2) is 18.2 Å². The highest BCUT2D eigenvalue weighted by Gasteiger charge is 2.27. The third kappa shape index (κ3) is 4.23. The number of nitrogens with zero attached hydrogens (tertiary/aromatic N) is 1. The molecule has 0 fully saturated rings. The van der Waals surface area contributed by atoms with E-state index in [1.165, 1.54) is 10.6 Å². The fraction of sp³-hybridized carbons (Fsp3) is 0.562. The largest absolute Gasteiger partial charge is 0.348 e. The molecule has 1 amide bonds. The second kappa shape index (κ2) is 6.88. The summed E-state index contributed by atoms with van der Waals surface area (Å²) in [6.07, 6.45) is 2.64. The molecule has 1 aromatic rings. The number of carbonyl (C=O) groups is 1. The molecule has 7 heteroatoms. The van der Waals surface area contributed by atoms with Crippen LogP contribution in [0.25, 0.3) is 0 Å². The van der Waals surface area contributed by atoms with Gasteiger partial charge in [0, 0.05) is 24.7 Å². The van der Waals surface area contributed by atoms with Crippen molar-refractivity contribution in [2.24, 2.45) is 11.7 Å². The van der Waals surface area contributed by atoms with E-state index in [-0.39, 0.29) is 11.9 Å². The average Bonchev–Trinajstić information content (AvgIpc) is 2.88. The number of sulfonamides is 1. The molecule has 2 rings (SSSR count). The highest BCUT2D eigenvalue weighted by Crippen LogP contribution is 2.30. The van der Waals surface area contributed by atoms with E-state index < -0.39 is 10.0 Å². The first-order valence-electron chi connectivity index (χ1n) is 7.84. The molecule has 0 aliphatic carbocycles. The lowest BCUT2D eigenvalue weighted by Crippen LogP contribution is -2.41. The van der Waals surface area contributed by atoms with Crippen LogP contribution >= 0.6 is 0 Å². The monoisotopic (exact) mass is 339 g/mol. The maximum Gasteiger partial charge on any atom is 0.251 e. The van der Waals surface area contributed by atoms with Gasteiger partial charge in [-0.05, 0) is 42.5 Å². The van der Waals surface area contributed by atoms with Crippen molar-refractivity contribution in [3.05, 3.63) is 29.3 Å². The summed E-state index contributed by atoms with van der Waals surface area (Å²) in [5.41, 5.74) is 7.81. The van der Waals surface area contributed by atoms with Crippen molar-refractivity contribution in [2.45, 2.75) is 32.7 Å². The van der Waals surface area contributed by atoms with Crippen molar-refractivity contribution in [1.29, 1.82) is 0 Å². The van der Waals surface area contributed by atoms with Gasteiger partial charge < -0.3 is 11.1 Å². The minimum atomic E-state index is -3.27. The van der Waals surface area contributed by atoms with Gasteiger partial charge in [0.1, 0.15) is 0 Å². The summed E-state index contributed by atoms with van der Waals surface area (Å²) in [5, 5.41) is 2.95. The summed E-state index contributed by atoms with van der Waals surface area (Å²) < 4.78 is 24.9. The molecule has 6 nitrogen and oxygen atoms in total. The normalized spacial score (nSPS) is 15.6. The molecule has 1 aliphatic rings. The van der Waals surface area contributed by atoms with Gasteiger partial charge in [0.15, 0.2) is 0 Å². The Kier molecular flexibility index (Phi) is 5.31. The van der Waals surface area contributed by atoms with Crippen LogP contribution in [0.3, 0.4) is 0 Å². The first-order valence-corrected chi connectivity index (χ1v) is 9.68. The summed E-state index contributed by atoms with van der Waals surface area (Å²) in [4.78, 5) is 12.4. The van der Waals surface area contributed by atoms with Gasteiger partial charge in [-0.1, -0.05) is 13.8 Å². The summed E-state index contributed by atoms with van der Waals surface area (Å²) in [5.74, 6) is 0.286. The number of anilines is 1. The van der Waals surface area contributed by atoms with E-state index in [1.54, 1.807) is 18.2 Å². The first kappa shape index (κ1) is 17.7. The van der Waals surface area contributed by atoms with Gasteiger partial charge in [0.05, 0.1) is 11.9 Å². The van der Waals surface area contributed by atoms with E-state index in [4.69, 9.17) is 5.73 Å². The predicted molar refractivity (Wildman–Crippen MR) is 92.1 cm³/mol. The number of hydrogen-bond donors (Lipinski definition) is 2. The third-order valence-corrected chi connectivity index (χ3v) is 5.15. The summed E-state index contributed by atoms with van der Waals surface area (Å²) in [7, 11) is -3.27. The summed E-state index contributed by atoms with van der Waals surface area (Å²) in [6, 6.07) is 5.10. The van der Waals surface area contributed by atoms with Gasteiger partial charge in [-0.2, -0.15) is 0 Å². The van der Waals surface area contributed by atoms with Crippen LogP contribution in [0.2, 0.25) is 0 Å². The van der Waals surface area contributed by atoms with Crippen molar-refractivity contribution < 1.29 is 13.2 Å². The Balaban J connectivity index is 2.15. The average molecular weight is 339 g/mol. The molecule has 0 saturated heterocycles. The smallest absolute Gasteiger partial charge is 0.251 e. The second-order valence-corrected chi connectivity index (χ2v) is 8.37. The SMILES string of the molecule is CC(C)CC(CN)NC(=O)c1ccc2c(c1)CCN2S(C)(=O)=O. The number of nitrogens with two attached hydrogens (primary N) is 1. The zero-order valence-corrected chi connectivity index (χ0v) is 14.7. The van der Waals surface area contributed by atoms with Crippen LogP contribution in [0.1, 0.15) is 36.2 Å². The van der Waals surface area contributed by atoms with Crippen LogP contribution in [0.5, 0.6) is 0 Å². The van der Waals surface area contributed by atoms with Crippen molar-refractivity contribution in [3.63, 3.8) is 0 Å². The molecule has 0 aromatic heterocycles. The molecule has 1 heterocycles. The summed E-state index contributed by atoms with van der Waals surface area (Å²) in [6.45, 7) is 5.00. The molecule has 3 N–H and O–H groups in total. The Morgan fingerprint density at radius 3 is 2.65 bits per heavy atom. The Morgan fingerprint density at radius 2 is 2.09 bits per heavy atom. The lowest BCUT2D eigenvalue weighted by Gasteiger charge is -2.19. The number of hydrogen-bond acceptors (Lipinski definition) is 4. The highest BCUT2D eigenvalue weighted by atomic mass is 32.2. The molecule has 0 radical (unpaired) electrons. The van der Waals surface area contributed by atoms with E-state index in [0.29, 0.717) is 36.7 Å². The fourth-order valence-electron chi connectivity index (χ4n) is 2.91. The van der Waals surface area contributed by atoms with Crippen LogP contribution < -0.4 is 15.4 Å². The van der Waals surface area contributed by atoms with Gasteiger partial charge >= 0.3 is 0 Å². The maximum absolute atomic E-state index is 12.4. The van der Waals surface area contributed by atoms with E-state index in [2.05, 4.69) is 19.2 Å². The second-order valence-electron chi connectivity index (χ2n) is 6.46. The van der Waals surface area contributed by atoms with E-state index in [0.717, 1.165) is 12.0 Å². The Morgan fingerprint density at radius 1 is 1.39 bits per heavy atom. The van der Waals surface area contributed by atoms with Crippen molar-refractivity contribution >= 4 is 21.6 Å². The maximum atomic E-state index is 12.4. The molecule has 0 saturated carbocycles. The van der Waals surface area contributed by atoms with E-state index in [1.807, 2.05) is 0 Å². The zero-order valence-electron chi connectivity index (χ0n) is 13.9. The molecule has 1 unspecified atom stereocenters. The Labute approximate surface area is 138 Å².